The summed E-state index contributed by atoms with van der Waals surface area (Å²) in [5.41, 5.74) is 0.792. The third-order valence-corrected chi connectivity index (χ3v) is 3.19. The number of carbonyl (C=O) groups excluding carboxylic acids is 1. The lowest BCUT2D eigenvalue weighted by Crippen LogP contribution is -2.41. The molecule has 0 spiro atoms. The van der Waals surface area contributed by atoms with Crippen LogP contribution in [-0.2, 0) is 11.2 Å². The maximum atomic E-state index is 13.0. The Hall–Kier alpha value is -2.11. The van der Waals surface area contributed by atoms with Crippen molar-refractivity contribution in [3.8, 4) is 0 Å². The highest BCUT2D eigenvalue weighted by molar-refractivity contribution is 5.75. The van der Waals surface area contributed by atoms with Crippen molar-refractivity contribution in [2.24, 2.45) is 11.8 Å². The van der Waals surface area contributed by atoms with Crippen LogP contribution in [0.1, 0.15) is 19.4 Å². The van der Waals surface area contributed by atoms with Crippen LogP contribution in [0.5, 0.6) is 0 Å². The Morgan fingerprint density at radius 3 is 2.57 bits per heavy atom. The van der Waals surface area contributed by atoms with E-state index < -0.39 is 17.9 Å². The number of hydrogen-bond acceptors (Lipinski definition) is 2. The summed E-state index contributed by atoms with van der Waals surface area (Å²) in [5.74, 6) is -1.91. The quantitative estimate of drug-likeness (QED) is 0.720. The topological polar surface area (TPSA) is 78.4 Å². The van der Waals surface area contributed by atoms with E-state index in [1.807, 2.05) is 0 Å². The second-order valence-electron chi connectivity index (χ2n) is 5.21. The van der Waals surface area contributed by atoms with Crippen LogP contribution in [0.2, 0.25) is 0 Å². The van der Waals surface area contributed by atoms with Crippen LogP contribution < -0.4 is 10.6 Å². The average molecular weight is 296 g/mol. The van der Waals surface area contributed by atoms with Gasteiger partial charge in [0.25, 0.3) is 0 Å². The number of halogens is 1. The molecule has 0 heterocycles. The van der Waals surface area contributed by atoms with Crippen molar-refractivity contribution in [3.05, 3.63) is 35.6 Å². The van der Waals surface area contributed by atoms with Crippen LogP contribution in [-0.4, -0.2) is 30.2 Å². The molecule has 0 aromatic heterocycles. The average Bonchev–Trinajstić information content (AvgIpc) is 2.38. The van der Waals surface area contributed by atoms with Gasteiger partial charge in [-0.1, -0.05) is 26.0 Å². The lowest BCUT2D eigenvalue weighted by molar-refractivity contribution is -0.142. The van der Waals surface area contributed by atoms with Crippen LogP contribution in [0, 0.1) is 17.7 Å². The summed E-state index contributed by atoms with van der Waals surface area (Å²) in [7, 11) is 0. The van der Waals surface area contributed by atoms with E-state index in [1.165, 1.54) is 12.1 Å². The minimum Gasteiger partial charge on any atom is -0.481 e. The van der Waals surface area contributed by atoms with Gasteiger partial charge in [0.2, 0.25) is 0 Å². The molecular weight excluding hydrogens is 275 g/mol. The van der Waals surface area contributed by atoms with Gasteiger partial charge in [0, 0.05) is 13.1 Å². The van der Waals surface area contributed by atoms with E-state index in [0.717, 1.165) is 5.56 Å². The van der Waals surface area contributed by atoms with Gasteiger partial charge in [-0.05, 0) is 30.0 Å². The standard InChI is InChI=1S/C15H21FN2O3/c1-10(2)13(14(19)20)9-18-15(21)17-7-6-11-4-3-5-12(16)8-11/h3-5,8,10,13H,6-7,9H2,1-2H3,(H,19,20)(H2,17,18,21). The molecule has 0 aliphatic carbocycles. The van der Waals surface area contributed by atoms with Crippen LogP contribution in [0.3, 0.4) is 0 Å². The zero-order valence-corrected chi connectivity index (χ0v) is 12.2. The number of carbonyl (C=O) groups is 2. The number of amides is 2. The van der Waals surface area contributed by atoms with Gasteiger partial charge in [-0.2, -0.15) is 0 Å². The molecule has 0 aliphatic heterocycles. The van der Waals surface area contributed by atoms with Gasteiger partial charge in [0.05, 0.1) is 5.92 Å². The van der Waals surface area contributed by atoms with Gasteiger partial charge in [-0.15, -0.1) is 0 Å². The molecule has 1 atom stereocenters. The molecule has 0 saturated heterocycles. The second-order valence-corrected chi connectivity index (χ2v) is 5.21. The largest absolute Gasteiger partial charge is 0.481 e. The Morgan fingerprint density at radius 1 is 1.29 bits per heavy atom. The van der Waals surface area contributed by atoms with Gasteiger partial charge < -0.3 is 15.7 Å². The van der Waals surface area contributed by atoms with Crippen molar-refractivity contribution in [1.82, 2.24) is 10.6 Å². The number of rotatable bonds is 7. The van der Waals surface area contributed by atoms with Gasteiger partial charge in [-0.25, -0.2) is 9.18 Å². The summed E-state index contributed by atoms with van der Waals surface area (Å²) in [5, 5.41) is 14.2. The summed E-state index contributed by atoms with van der Waals surface area (Å²) in [4.78, 5) is 22.5. The first-order valence-electron chi connectivity index (χ1n) is 6.89. The van der Waals surface area contributed by atoms with Crippen molar-refractivity contribution in [2.75, 3.05) is 13.1 Å². The van der Waals surface area contributed by atoms with Gasteiger partial charge in [-0.3, -0.25) is 4.79 Å². The van der Waals surface area contributed by atoms with Crippen LogP contribution >= 0.6 is 0 Å². The molecule has 6 heteroatoms. The molecule has 2 amide bonds. The Labute approximate surface area is 123 Å². The maximum absolute atomic E-state index is 13.0. The van der Waals surface area contributed by atoms with Gasteiger partial charge in [0.1, 0.15) is 5.82 Å². The predicted octanol–water partition coefficient (Wildman–Crippen LogP) is 2.02. The number of carboxylic acid groups (broad SMARTS) is 1. The summed E-state index contributed by atoms with van der Waals surface area (Å²) >= 11 is 0. The molecule has 1 aromatic rings. The first-order chi connectivity index (χ1) is 9.90. The Morgan fingerprint density at radius 2 is 2.00 bits per heavy atom. The molecule has 5 nitrogen and oxygen atoms in total. The fourth-order valence-corrected chi connectivity index (χ4v) is 1.89. The first-order valence-corrected chi connectivity index (χ1v) is 6.89. The van der Waals surface area contributed by atoms with E-state index in [-0.39, 0.29) is 18.3 Å². The van der Waals surface area contributed by atoms with Crippen molar-refractivity contribution in [1.29, 1.82) is 0 Å². The Bertz CT molecular complexity index is 492. The fraction of sp³-hybridized carbons (Fsp3) is 0.467. The Balaban J connectivity index is 2.29. The molecule has 1 aromatic carbocycles. The van der Waals surface area contributed by atoms with Crippen LogP contribution in [0.15, 0.2) is 24.3 Å². The highest BCUT2D eigenvalue weighted by Gasteiger charge is 2.21. The number of carboxylic acids is 1. The first kappa shape index (κ1) is 16.9. The molecule has 0 saturated carbocycles. The number of urea groups is 1. The molecule has 21 heavy (non-hydrogen) atoms. The minimum atomic E-state index is -0.926. The molecule has 3 N–H and O–H groups in total. The molecular formula is C15H21FN2O3. The van der Waals surface area contributed by atoms with Gasteiger partial charge >= 0.3 is 12.0 Å². The number of aliphatic carboxylic acids is 1. The monoisotopic (exact) mass is 296 g/mol. The molecule has 0 fully saturated rings. The highest BCUT2D eigenvalue weighted by atomic mass is 19.1. The minimum absolute atomic E-state index is 0.0601. The Kier molecular flexibility index (Phi) is 6.65. The van der Waals surface area contributed by atoms with E-state index in [1.54, 1.807) is 26.0 Å². The normalized spacial score (nSPS) is 12.0. The van der Waals surface area contributed by atoms with E-state index >= 15 is 0 Å². The third kappa shape index (κ3) is 6.25. The molecule has 116 valence electrons. The van der Waals surface area contributed by atoms with E-state index in [4.69, 9.17) is 5.11 Å². The lowest BCUT2D eigenvalue weighted by Gasteiger charge is -2.17. The van der Waals surface area contributed by atoms with Crippen molar-refractivity contribution in [2.45, 2.75) is 20.3 Å². The number of nitrogens with one attached hydrogen (secondary N) is 2. The van der Waals surface area contributed by atoms with Crippen LogP contribution in [0.25, 0.3) is 0 Å². The third-order valence-electron chi connectivity index (χ3n) is 3.19. The summed E-state index contributed by atoms with van der Waals surface area (Å²) in [6.45, 7) is 4.03. The highest BCUT2D eigenvalue weighted by Crippen LogP contribution is 2.09. The van der Waals surface area contributed by atoms with Crippen molar-refractivity contribution in [3.63, 3.8) is 0 Å². The SMILES string of the molecule is CC(C)C(CNC(=O)NCCc1cccc(F)c1)C(=O)O. The van der Waals surface area contributed by atoms with E-state index in [0.29, 0.717) is 13.0 Å². The van der Waals surface area contributed by atoms with Crippen molar-refractivity contribution >= 4 is 12.0 Å². The summed E-state index contributed by atoms with van der Waals surface area (Å²) in [6.07, 6.45) is 0.512. The lowest BCUT2D eigenvalue weighted by atomic mass is 9.96. The smallest absolute Gasteiger partial charge is 0.314 e. The predicted molar refractivity (Wildman–Crippen MR) is 77.5 cm³/mol. The zero-order chi connectivity index (χ0) is 15.8. The fourth-order valence-electron chi connectivity index (χ4n) is 1.89. The maximum Gasteiger partial charge on any atom is 0.314 e. The molecule has 1 rings (SSSR count). The van der Waals surface area contributed by atoms with Crippen LogP contribution in [0.4, 0.5) is 9.18 Å². The molecule has 0 bridgehead atoms. The molecule has 1 unspecified atom stereocenters. The van der Waals surface area contributed by atoms with E-state index in [2.05, 4.69) is 10.6 Å². The van der Waals surface area contributed by atoms with Crippen molar-refractivity contribution < 1.29 is 19.1 Å². The molecule has 0 aliphatic rings. The molecule has 0 radical (unpaired) electrons. The summed E-state index contributed by atoms with van der Waals surface area (Å²) in [6, 6.07) is 5.76. The van der Waals surface area contributed by atoms with Gasteiger partial charge in [0.15, 0.2) is 0 Å². The second kappa shape index (κ2) is 8.24. The van der Waals surface area contributed by atoms with E-state index in [9.17, 15) is 14.0 Å². The number of hydrogen-bond donors (Lipinski definition) is 3. The zero-order valence-electron chi connectivity index (χ0n) is 12.2. The number of benzene rings is 1. The summed E-state index contributed by atoms with van der Waals surface area (Å²) < 4.78 is 13.0.